The second kappa shape index (κ2) is 6.44. The summed E-state index contributed by atoms with van der Waals surface area (Å²) in [5.41, 5.74) is 1.90. The van der Waals surface area contributed by atoms with Crippen LogP contribution in [-0.2, 0) is 9.53 Å². The smallest absolute Gasteiger partial charge is 0.246 e. The summed E-state index contributed by atoms with van der Waals surface area (Å²) < 4.78 is 6.33. The normalized spacial score (nSPS) is 23.7. The van der Waals surface area contributed by atoms with E-state index in [1.54, 1.807) is 0 Å². The Morgan fingerprint density at radius 1 is 1.48 bits per heavy atom. The van der Waals surface area contributed by atoms with Gasteiger partial charge in [-0.2, -0.15) is 0 Å². The average molecular weight is 354 g/mol. The average Bonchev–Trinajstić information content (AvgIpc) is 2.77. The molecule has 0 spiro atoms. The van der Waals surface area contributed by atoms with E-state index < -0.39 is 0 Å². The maximum Gasteiger partial charge on any atom is 0.246 e. The fraction of sp³-hybridized carbons (Fsp3) is 0.533. The van der Waals surface area contributed by atoms with Gasteiger partial charge in [-0.3, -0.25) is 15.0 Å². The zero-order chi connectivity index (χ0) is 14.8. The van der Waals surface area contributed by atoms with Crippen LogP contribution in [0.4, 0.5) is 5.69 Å². The van der Waals surface area contributed by atoms with Gasteiger partial charge in [0, 0.05) is 41.4 Å². The zero-order valence-electron chi connectivity index (χ0n) is 12.1. The largest absolute Gasteiger partial charge is 0.379 e. The van der Waals surface area contributed by atoms with Gasteiger partial charge < -0.3 is 10.1 Å². The van der Waals surface area contributed by atoms with E-state index in [4.69, 9.17) is 4.74 Å². The molecule has 5 nitrogen and oxygen atoms in total. The van der Waals surface area contributed by atoms with Gasteiger partial charge in [0.25, 0.3) is 0 Å². The number of fused-ring (bicyclic) bond motifs is 1. The van der Waals surface area contributed by atoms with Crippen LogP contribution in [0.15, 0.2) is 22.7 Å². The summed E-state index contributed by atoms with van der Waals surface area (Å²) in [6, 6.07) is 5.79. The highest BCUT2D eigenvalue weighted by atomic mass is 79.9. The van der Waals surface area contributed by atoms with Crippen molar-refractivity contribution < 1.29 is 9.53 Å². The number of amides is 1. The summed E-state index contributed by atoms with van der Waals surface area (Å²) in [5, 5.41) is 6.38. The number of hydrogen-bond donors (Lipinski definition) is 2. The number of rotatable bonds is 4. The molecule has 2 aliphatic rings. The van der Waals surface area contributed by atoms with Crippen LogP contribution in [-0.4, -0.2) is 49.7 Å². The Hall–Kier alpha value is -0.950. The Morgan fingerprint density at radius 2 is 2.24 bits per heavy atom. The lowest BCUT2D eigenvalue weighted by molar-refractivity contribution is -0.117. The molecule has 0 radical (unpaired) electrons. The summed E-state index contributed by atoms with van der Waals surface area (Å²) in [7, 11) is 0. The van der Waals surface area contributed by atoms with Crippen molar-refractivity contribution in [3.63, 3.8) is 0 Å². The van der Waals surface area contributed by atoms with Gasteiger partial charge in [0.2, 0.25) is 5.91 Å². The van der Waals surface area contributed by atoms with E-state index >= 15 is 0 Å². The molecule has 3 rings (SSSR count). The van der Waals surface area contributed by atoms with Crippen molar-refractivity contribution in [3.8, 4) is 0 Å². The van der Waals surface area contributed by atoms with Gasteiger partial charge in [-0.25, -0.2) is 0 Å². The molecule has 0 bridgehead atoms. The third-order valence-electron chi connectivity index (χ3n) is 3.95. The van der Waals surface area contributed by atoms with E-state index in [0.717, 1.165) is 48.6 Å². The molecule has 0 aliphatic carbocycles. The molecule has 6 heteroatoms. The summed E-state index contributed by atoms with van der Waals surface area (Å²) in [5.74, 6) is 0.0192. The molecule has 1 aromatic carbocycles. The van der Waals surface area contributed by atoms with E-state index in [1.807, 2.05) is 18.2 Å². The number of nitrogens with one attached hydrogen (secondary N) is 2. The molecule has 2 aliphatic heterocycles. The number of ether oxygens (including phenoxy) is 1. The van der Waals surface area contributed by atoms with Crippen molar-refractivity contribution in [3.05, 3.63) is 28.2 Å². The molecular formula is C15H20BrN3O2. The topological polar surface area (TPSA) is 53.6 Å². The van der Waals surface area contributed by atoms with Crippen molar-refractivity contribution in [1.29, 1.82) is 0 Å². The van der Waals surface area contributed by atoms with Crippen molar-refractivity contribution in [1.82, 2.24) is 10.2 Å². The van der Waals surface area contributed by atoms with Crippen LogP contribution >= 0.6 is 15.9 Å². The second-order valence-corrected chi connectivity index (χ2v) is 6.46. The van der Waals surface area contributed by atoms with E-state index in [1.165, 1.54) is 0 Å². The molecular weight excluding hydrogens is 334 g/mol. The number of carbonyl (C=O) groups excluding carboxylic acids is 1. The highest BCUT2D eigenvalue weighted by Crippen LogP contribution is 2.36. The maximum atomic E-state index is 12.2. The lowest BCUT2D eigenvalue weighted by Gasteiger charge is -2.30. The molecule has 2 N–H and O–H groups in total. The first kappa shape index (κ1) is 15.0. The van der Waals surface area contributed by atoms with Gasteiger partial charge in [-0.05, 0) is 19.1 Å². The molecule has 114 valence electrons. The standard InChI is InChI=1S/C15H20BrN3O2/c1-10(9-19-5-7-21-8-6-19)17-14-13-11(16)3-2-4-12(13)18-15(14)20/h2-4,10,14,17H,5-9H2,1H3,(H,18,20). The molecule has 0 saturated carbocycles. The van der Waals surface area contributed by atoms with Crippen LogP contribution in [0.25, 0.3) is 0 Å². The monoisotopic (exact) mass is 353 g/mol. The Balaban J connectivity index is 1.66. The van der Waals surface area contributed by atoms with Crippen molar-refractivity contribution in [2.45, 2.75) is 19.0 Å². The van der Waals surface area contributed by atoms with Gasteiger partial charge in [-0.1, -0.05) is 22.0 Å². The Morgan fingerprint density at radius 3 is 3.00 bits per heavy atom. The second-order valence-electron chi connectivity index (χ2n) is 5.60. The summed E-state index contributed by atoms with van der Waals surface area (Å²) in [4.78, 5) is 14.6. The molecule has 1 saturated heterocycles. The van der Waals surface area contributed by atoms with Crippen LogP contribution in [0.1, 0.15) is 18.5 Å². The number of nitrogens with zero attached hydrogens (tertiary/aromatic N) is 1. The first-order valence-electron chi connectivity index (χ1n) is 7.30. The number of benzene rings is 1. The number of anilines is 1. The maximum absolute atomic E-state index is 12.2. The predicted octanol–water partition coefficient (Wildman–Crippen LogP) is 1.75. The quantitative estimate of drug-likeness (QED) is 0.865. The fourth-order valence-electron chi connectivity index (χ4n) is 2.94. The Labute approximate surface area is 133 Å². The third-order valence-corrected chi connectivity index (χ3v) is 4.64. The molecule has 1 aromatic rings. The lowest BCUT2D eigenvalue weighted by Crippen LogP contribution is -2.46. The van der Waals surface area contributed by atoms with Gasteiger partial charge in [0.1, 0.15) is 6.04 Å². The van der Waals surface area contributed by atoms with Crippen LogP contribution in [0, 0.1) is 0 Å². The van der Waals surface area contributed by atoms with Gasteiger partial charge in [0.15, 0.2) is 0 Å². The first-order valence-corrected chi connectivity index (χ1v) is 8.10. The third kappa shape index (κ3) is 3.29. The molecule has 1 amide bonds. The highest BCUT2D eigenvalue weighted by Gasteiger charge is 2.33. The van der Waals surface area contributed by atoms with Crippen LogP contribution in [0.2, 0.25) is 0 Å². The predicted molar refractivity (Wildman–Crippen MR) is 85.4 cm³/mol. The fourth-order valence-corrected chi connectivity index (χ4v) is 3.54. The van der Waals surface area contributed by atoms with Crippen LogP contribution < -0.4 is 10.6 Å². The molecule has 2 unspecified atom stereocenters. The number of hydrogen-bond acceptors (Lipinski definition) is 4. The molecule has 2 heterocycles. The van der Waals surface area contributed by atoms with Crippen LogP contribution in [0.3, 0.4) is 0 Å². The molecule has 1 fully saturated rings. The number of morpholine rings is 1. The van der Waals surface area contributed by atoms with Gasteiger partial charge >= 0.3 is 0 Å². The van der Waals surface area contributed by atoms with Gasteiger partial charge in [-0.15, -0.1) is 0 Å². The van der Waals surface area contributed by atoms with Crippen LogP contribution in [0.5, 0.6) is 0 Å². The van der Waals surface area contributed by atoms with E-state index in [9.17, 15) is 4.79 Å². The first-order chi connectivity index (χ1) is 10.1. The molecule has 21 heavy (non-hydrogen) atoms. The van der Waals surface area contributed by atoms with E-state index in [2.05, 4.69) is 38.4 Å². The minimum absolute atomic E-state index is 0.0192. The summed E-state index contributed by atoms with van der Waals surface area (Å²) in [6.07, 6.45) is 0. The zero-order valence-corrected chi connectivity index (χ0v) is 13.6. The van der Waals surface area contributed by atoms with Crippen molar-refractivity contribution >= 4 is 27.5 Å². The van der Waals surface area contributed by atoms with Crippen molar-refractivity contribution in [2.75, 3.05) is 38.2 Å². The molecule has 0 aromatic heterocycles. The van der Waals surface area contributed by atoms with Gasteiger partial charge in [0.05, 0.1) is 13.2 Å². The molecule has 2 atom stereocenters. The SMILES string of the molecule is CC(CN1CCOCC1)NC1C(=O)Nc2cccc(Br)c21. The Kier molecular flexibility index (Phi) is 4.59. The Bertz CT molecular complexity index is 532. The van der Waals surface area contributed by atoms with E-state index in [0.29, 0.717) is 0 Å². The van der Waals surface area contributed by atoms with Crippen molar-refractivity contribution in [2.24, 2.45) is 0 Å². The number of halogens is 1. The highest BCUT2D eigenvalue weighted by molar-refractivity contribution is 9.10. The minimum atomic E-state index is -0.286. The minimum Gasteiger partial charge on any atom is -0.379 e. The summed E-state index contributed by atoms with van der Waals surface area (Å²) >= 11 is 3.54. The summed E-state index contributed by atoms with van der Waals surface area (Å²) in [6.45, 7) is 6.56. The van der Waals surface area contributed by atoms with E-state index in [-0.39, 0.29) is 18.0 Å². The number of carbonyl (C=O) groups is 1. The lowest BCUT2D eigenvalue weighted by atomic mass is 10.1.